The van der Waals surface area contributed by atoms with Crippen molar-refractivity contribution < 1.29 is 9.59 Å². The highest BCUT2D eigenvalue weighted by Crippen LogP contribution is 2.22. The lowest BCUT2D eigenvalue weighted by molar-refractivity contribution is 0.0769. The number of benzene rings is 1. The van der Waals surface area contributed by atoms with Crippen molar-refractivity contribution in [1.29, 1.82) is 0 Å². The number of nitrogens with zero attached hydrogens (tertiary/aromatic N) is 1. The third-order valence-electron chi connectivity index (χ3n) is 3.52. The number of hydrogen-bond acceptors (Lipinski definition) is 3. The van der Waals surface area contributed by atoms with E-state index < -0.39 is 0 Å². The smallest absolute Gasteiger partial charge is 0.254 e. The van der Waals surface area contributed by atoms with Gasteiger partial charge in [0.15, 0.2) is 5.78 Å². The Morgan fingerprint density at radius 2 is 2.05 bits per heavy atom. The van der Waals surface area contributed by atoms with E-state index in [-0.39, 0.29) is 11.7 Å². The first-order valence-electron chi connectivity index (χ1n) is 6.69. The molecule has 2 heterocycles. The van der Waals surface area contributed by atoms with Gasteiger partial charge < -0.3 is 4.90 Å². The van der Waals surface area contributed by atoms with Gasteiger partial charge in [-0.3, -0.25) is 9.59 Å². The minimum atomic E-state index is 0.0872. The van der Waals surface area contributed by atoms with E-state index in [2.05, 4.69) is 0 Å². The Kier molecular flexibility index (Phi) is 3.65. The lowest BCUT2D eigenvalue weighted by atomic mass is 10.1. The maximum Gasteiger partial charge on any atom is 0.254 e. The zero-order valence-corrected chi connectivity index (χ0v) is 11.9. The lowest BCUT2D eigenvalue weighted by Gasteiger charge is -2.14. The molecule has 3 nitrogen and oxygen atoms in total. The Morgan fingerprint density at radius 3 is 2.80 bits per heavy atom. The number of amides is 1. The fraction of sp³-hybridized carbons (Fsp3) is 0.250. The molecule has 20 heavy (non-hydrogen) atoms. The number of rotatable bonds is 5. The zero-order chi connectivity index (χ0) is 13.9. The van der Waals surface area contributed by atoms with Crippen LogP contribution in [-0.4, -0.2) is 23.1 Å². The summed E-state index contributed by atoms with van der Waals surface area (Å²) in [6, 6.07) is 11.4. The number of carbonyl (C=O) groups is 2. The monoisotopic (exact) mass is 285 g/mol. The van der Waals surface area contributed by atoms with E-state index in [9.17, 15) is 9.59 Å². The van der Waals surface area contributed by atoms with E-state index >= 15 is 0 Å². The summed E-state index contributed by atoms with van der Waals surface area (Å²) in [6.45, 7) is 1.31. The molecule has 4 heteroatoms. The normalized spacial score (nSPS) is 13.6. The minimum absolute atomic E-state index is 0.0872. The first kappa shape index (κ1) is 13.1. The highest BCUT2D eigenvalue weighted by atomic mass is 32.1. The average Bonchev–Trinajstić information content (AvgIpc) is 3.09. The molecule has 0 spiro atoms. The maximum atomic E-state index is 12.1. The molecule has 0 saturated carbocycles. The van der Waals surface area contributed by atoms with E-state index in [0.717, 1.165) is 22.4 Å². The van der Waals surface area contributed by atoms with Crippen LogP contribution in [0.5, 0.6) is 0 Å². The predicted octanol–water partition coefficient (Wildman–Crippen LogP) is 3.37. The molecule has 0 aliphatic carbocycles. The Hall–Kier alpha value is -1.94. The molecule has 0 atom stereocenters. The van der Waals surface area contributed by atoms with Crippen molar-refractivity contribution in [3.63, 3.8) is 0 Å². The Labute approximate surface area is 121 Å². The summed E-state index contributed by atoms with van der Waals surface area (Å²) >= 11 is 1.47. The van der Waals surface area contributed by atoms with Crippen LogP contribution < -0.4 is 0 Å². The van der Waals surface area contributed by atoms with Gasteiger partial charge in [-0.1, -0.05) is 24.3 Å². The fourth-order valence-corrected chi connectivity index (χ4v) is 3.18. The first-order valence-corrected chi connectivity index (χ1v) is 7.57. The molecular weight excluding hydrogens is 270 g/mol. The maximum absolute atomic E-state index is 12.1. The summed E-state index contributed by atoms with van der Waals surface area (Å²) in [5.41, 5.74) is 1.89. The van der Waals surface area contributed by atoms with Crippen LogP contribution in [0.2, 0.25) is 0 Å². The molecule has 1 aromatic heterocycles. The molecular formula is C16H15NO2S. The molecule has 0 unspecified atom stereocenters. The molecule has 0 bridgehead atoms. The van der Waals surface area contributed by atoms with Crippen LogP contribution in [0.3, 0.4) is 0 Å². The van der Waals surface area contributed by atoms with Crippen molar-refractivity contribution in [1.82, 2.24) is 4.90 Å². The van der Waals surface area contributed by atoms with Crippen molar-refractivity contribution in [2.75, 3.05) is 6.54 Å². The standard InChI is InChI=1S/C16H15NO2S/c18-14(15-8-4-10-20-15)7-3-9-17-11-12-5-1-2-6-13(12)16(17)19/h1-2,4-6,8,10H,3,7,9,11H2. The summed E-state index contributed by atoms with van der Waals surface area (Å²) in [7, 11) is 0. The van der Waals surface area contributed by atoms with Gasteiger partial charge in [-0.2, -0.15) is 0 Å². The van der Waals surface area contributed by atoms with Crippen LogP contribution in [0.15, 0.2) is 41.8 Å². The summed E-state index contributed by atoms with van der Waals surface area (Å²) in [4.78, 5) is 26.7. The van der Waals surface area contributed by atoms with Crippen LogP contribution in [0.1, 0.15) is 38.4 Å². The second-order valence-corrected chi connectivity index (χ2v) is 5.84. The predicted molar refractivity (Wildman–Crippen MR) is 79.1 cm³/mol. The second-order valence-electron chi connectivity index (χ2n) is 4.89. The zero-order valence-electron chi connectivity index (χ0n) is 11.0. The van der Waals surface area contributed by atoms with Gasteiger partial charge in [0.2, 0.25) is 0 Å². The van der Waals surface area contributed by atoms with Gasteiger partial charge in [0.25, 0.3) is 5.91 Å². The van der Waals surface area contributed by atoms with Crippen molar-refractivity contribution in [3.05, 3.63) is 57.8 Å². The van der Waals surface area contributed by atoms with Crippen LogP contribution in [0.25, 0.3) is 0 Å². The van der Waals surface area contributed by atoms with Crippen LogP contribution >= 0.6 is 11.3 Å². The molecule has 1 amide bonds. The molecule has 0 radical (unpaired) electrons. The SMILES string of the molecule is O=C(CCCN1Cc2ccccc2C1=O)c1cccs1. The van der Waals surface area contributed by atoms with Crippen LogP contribution in [0.4, 0.5) is 0 Å². The van der Waals surface area contributed by atoms with Gasteiger partial charge in [-0.25, -0.2) is 0 Å². The highest BCUT2D eigenvalue weighted by molar-refractivity contribution is 7.12. The quantitative estimate of drug-likeness (QED) is 0.790. The number of Topliss-reactive ketones (excluding diaryl/α,β-unsaturated/α-hetero) is 1. The highest BCUT2D eigenvalue weighted by Gasteiger charge is 2.26. The number of thiophene rings is 1. The van der Waals surface area contributed by atoms with E-state index in [1.54, 1.807) is 0 Å². The van der Waals surface area contributed by atoms with E-state index in [1.165, 1.54) is 11.3 Å². The van der Waals surface area contributed by atoms with Crippen molar-refractivity contribution in [2.24, 2.45) is 0 Å². The van der Waals surface area contributed by atoms with E-state index in [1.807, 2.05) is 46.7 Å². The van der Waals surface area contributed by atoms with Crippen molar-refractivity contribution >= 4 is 23.0 Å². The molecule has 1 aliphatic heterocycles. The van der Waals surface area contributed by atoms with Crippen molar-refractivity contribution in [2.45, 2.75) is 19.4 Å². The first-order chi connectivity index (χ1) is 9.75. The summed E-state index contributed by atoms with van der Waals surface area (Å²) in [5, 5.41) is 1.91. The Bertz CT molecular complexity index is 634. The molecule has 3 rings (SSSR count). The number of fused-ring (bicyclic) bond motifs is 1. The van der Waals surface area contributed by atoms with Gasteiger partial charge >= 0.3 is 0 Å². The van der Waals surface area contributed by atoms with Gasteiger partial charge in [0.05, 0.1) is 4.88 Å². The van der Waals surface area contributed by atoms with Gasteiger partial charge in [-0.05, 0) is 29.5 Å². The van der Waals surface area contributed by atoms with E-state index in [0.29, 0.717) is 19.5 Å². The molecule has 102 valence electrons. The number of ketones is 1. The third-order valence-corrected chi connectivity index (χ3v) is 4.43. The number of hydrogen-bond donors (Lipinski definition) is 0. The summed E-state index contributed by atoms with van der Waals surface area (Å²) in [5.74, 6) is 0.258. The fourth-order valence-electron chi connectivity index (χ4n) is 2.49. The summed E-state index contributed by atoms with van der Waals surface area (Å²) < 4.78 is 0. The molecule has 1 aliphatic rings. The Morgan fingerprint density at radius 1 is 1.20 bits per heavy atom. The molecule has 1 aromatic carbocycles. The largest absolute Gasteiger partial charge is 0.334 e. The molecule has 2 aromatic rings. The average molecular weight is 285 g/mol. The van der Waals surface area contributed by atoms with Crippen LogP contribution in [-0.2, 0) is 6.54 Å². The molecule has 0 saturated heterocycles. The van der Waals surface area contributed by atoms with Gasteiger partial charge in [0, 0.05) is 25.1 Å². The minimum Gasteiger partial charge on any atom is -0.334 e. The second kappa shape index (κ2) is 5.59. The molecule has 0 N–H and O–H groups in total. The summed E-state index contributed by atoms with van der Waals surface area (Å²) in [6.07, 6.45) is 1.22. The lowest BCUT2D eigenvalue weighted by Crippen LogP contribution is -2.25. The Balaban J connectivity index is 1.54. The molecule has 0 fully saturated rings. The van der Waals surface area contributed by atoms with Gasteiger partial charge in [0.1, 0.15) is 0 Å². The van der Waals surface area contributed by atoms with Gasteiger partial charge in [-0.15, -0.1) is 11.3 Å². The van der Waals surface area contributed by atoms with E-state index in [4.69, 9.17) is 0 Å². The number of carbonyl (C=O) groups excluding carboxylic acids is 2. The topological polar surface area (TPSA) is 37.4 Å². The van der Waals surface area contributed by atoms with Crippen molar-refractivity contribution in [3.8, 4) is 0 Å². The van der Waals surface area contributed by atoms with Crippen LogP contribution in [0, 0.1) is 0 Å². The third kappa shape index (κ3) is 2.51.